The Bertz CT molecular complexity index is 969. The highest BCUT2D eigenvalue weighted by Crippen LogP contribution is 2.23. The molecule has 0 aliphatic rings. The predicted molar refractivity (Wildman–Crippen MR) is 117 cm³/mol. The highest BCUT2D eigenvalue weighted by atomic mass is 32.2. The first-order valence-electron chi connectivity index (χ1n) is 9.60. The van der Waals surface area contributed by atoms with E-state index in [1.807, 2.05) is 13.8 Å². The van der Waals surface area contributed by atoms with Crippen LogP contribution in [0.3, 0.4) is 0 Å². The third-order valence-electron chi connectivity index (χ3n) is 4.91. The molecule has 1 amide bonds. The van der Waals surface area contributed by atoms with E-state index in [2.05, 4.69) is 31.3 Å². The molecule has 0 spiro atoms. The van der Waals surface area contributed by atoms with Crippen LogP contribution in [0.1, 0.15) is 42.1 Å². The van der Waals surface area contributed by atoms with Crippen molar-refractivity contribution in [2.24, 2.45) is 0 Å². The molecule has 2 aromatic carbocycles. The number of aryl methyl sites for hydroxylation is 3. The zero-order valence-electron chi connectivity index (χ0n) is 17.9. The monoisotopic (exact) mass is 418 g/mol. The molecule has 7 heteroatoms. The van der Waals surface area contributed by atoms with Gasteiger partial charge in [-0.15, -0.1) is 0 Å². The van der Waals surface area contributed by atoms with Crippen LogP contribution in [-0.4, -0.2) is 33.7 Å². The lowest BCUT2D eigenvalue weighted by Crippen LogP contribution is -2.31. The second-order valence-corrected chi connectivity index (χ2v) is 9.20. The number of ether oxygens (including phenoxy) is 1. The lowest BCUT2D eigenvalue weighted by molar-refractivity contribution is -0.123. The van der Waals surface area contributed by atoms with Crippen molar-refractivity contribution in [1.29, 1.82) is 0 Å². The maximum absolute atomic E-state index is 12.3. The zero-order chi connectivity index (χ0) is 21.8. The smallest absolute Gasteiger partial charge is 0.258 e. The number of hydrogen-bond acceptors (Lipinski definition) is 4. The van der Waals surface area contributed by atoms with Gasteiger partial charge in [0.1, 0.15) is 5.75 Å². The van der Waals surface area contributed by atoms with Gasteiger partial charge >= 0.3 is 0 Å². The van der Waals surface area contributed by atoms with Crippen LogP contribution >= 0.6 is 0 Å². The molecule has 1 N–H and O–H groups in total. The van der Waals surface area contributed by atoms with E-state index < -0.39 is 10.0 Å². The van der Waals surface area contributed by atoms with E-state index in [9.17, 15) is 13.2 Å². The standard InChI is InChI=1S/C22H30N2O4S/c1-7-24(29(6,26)27)19-8-10-20(11-9-19)28-14-22(25)23-18(5)21-13-16(3)15(2)12-17(21)4/h8-13,18H,7,14H2,1-6H3,(H,23,25)/t18-/m1/s1. The third kappa shape index (κ3) is 5.97. The van der Waals surface area contributed by atoms with Crippen molar-refractivity contribution in [3.8, 4) is 5.75 Å². The Hall–Kier alpha value is -2.54. The average Bonchev–Trinajstić information content (AvgIpc) is 2.63. The molecule has 0 radical (unpaired) electrons. The van der Waals surface area contributed by atoms with Crippen molar-refractivity contribution in [3.63, 3.8) is 0 Å². The van der Waals surface area contributed by atoms with Crippen LogP contribution in [0.2, 0.25) is 0 Å². The third-order valence-corrected chi connectivity index (χ3v) is 6.18. The summed E-state index contributed by atoms with van der Waals surface area (Å²) in [5.41, 5.74) is 5.22. The Labute approximate surface area is 173 Å². The molecule has 0 fully saturated rings. The van der Waals surface area contributed by atoms with E-state index in [0.717, 1.165) is 11.1 Å². The van der Waals surface area contributed by atoms with Gasteiger partial charge in [-0.3, -0.25) is 9.10 Å². The first-order valence-corrected chi connectivity index (χ1v) is 11.5. The maximum Gasteiger partial charge on any atom is 0.258 e. The molecule has 0 bridgehead atoms. The largest absolute Gasteiger partial charge is 0.484 e. The van der Waals surface area contributed by atoms with Crippen molar-refractivity contribution < 1.29 is 17.9 Å². The normalized spacial score (nSPS) is 12.3. The maximum atomic E-state index is 12.3. The van der Waals surface area contributed by atoms with Crippen LogP contribution in [0.4, 0.5) is 5.69 Å². The Balaban J connectivity index is 1.96. The van der Waals surface area contributed by atoms with Gasteiger partial charge in [0.2, 0.25) is 10.0 Å². The summed E-state index contributed by atoms with van der Waals surface area (Å²) in [4.78, 5) is 12.3. The fraction of sp³-hybridized carbons (Fsp3) is 0.409. The summed E-state index contributed by atoms with van der Waals surface area (Å²) in [5, 5.41) is 2.96. The Kier molecular flexibility index (Phi) is 7.30. The molecule has 0 saturated carbocycles. The summed E-state index contributed by atoms with van der Waals surface area (Å²) in [6.45, 7) is 10.1. The Morgan fingerprint density at radius 1 is 1.07 bits per heavy atom. The number of benzene rings is 2. The molecular formula is C22H30N2O4S. The van der Waals surface area contributed by atoms with Gasteiger partial charge < -0.3 is 10.1 Å². The van der Waals surface area contributed by atoms with E-state index >= 15 is 0 Å². The van der Waals surface area contributed by atoms with Gasteiger partial charge in [-0.05, 0) is 81.1 Å². The van der Waals surface area contributed by atoms with E-state index in [-0.39, 0.29) is 18.6 Å². The quantitative estimate of drug-likeness (QED) is 0.710. The van der Waals surface area contributed by atoms with Crippen molar-refractivity contribution in [2.45, 2.75) is 40.7 Å². The number of carbonyl (C=O) groups excluding carboxylic acids is 1. The van der Waals surface area contributed by atoms with Gasteiger partial charge in [0.15, 0.2) is 6.61 Å². The fourth-order valence-electron chi connectivity index (χ4n) is 3.28. The number of anilines is 1. The predicted octanol–water partition coefficient (Wildman–Crippen LogP) is 3.65. The van der Waals surface area contributed by atoms with Gasteiger partial charge in [-0.1, -0.05) is 12.1 Å². The lowest BCUT2D eigenvalue weighted by atomic mass is 9.96. The number of carbonyl (C=O) groups is 1. The number of sulfonamides is 1. The van der Waals surface area contributed by atoms with Gasteiger partial charge in [0.05, 0.1) is 18.0 Å². The molecule has 1 atom stereocenters. The summed E-state index contributed by atoms with van der Waals surface area (Å²) in [6.07, 6.45) is 1.17. The fourth-order valence-corrected chi connectivity index (χ4v) is 4.25. The van der Waals surface area contributed by atoms with Gasteiger partial charge in [0.25, 0.3) is 5.91 Å². The van der Waals surface area contributed by atoms with Crippen LogP contribution in [-0.2, 0) is 14.8 Å². The minimum atomic E-state index is -3.33. The van der Waals surface area contributed by atoms with Crippen LogP contribution in [0.15, 0.2) is 36.4 Å². The van der Waals surface area contributed by atoms with Crippen molar-refractivity contribution >= 4 is 21.6 Å². The second kappa shape index (κ2) is 9.31. The van der Waals surface area contributed by atoms with Crippen LogP contribution in [0, 0.1) is 20.8 Å². The SMILES string of the molecule is CCN(c1ccc(OCC(=O)N[C@H](C)c2cc(C)c(C)cc2C)cc1)S(C)(=O)=O. The van der Waals surface area contributed by atoms with E-state index in [0.29, 0.717) is 18.0 Å². The first-order chi connectivity index (χ1) is 13.5. The topological polar surface area (TPSA) is 75.7 Å². The molecule has 158 valence electrons. The van der Waals surface area contributed by atoms with Crippen molar-refractivity contribution in [2.75, 3.05) is 23.7 Å². The molecule has 6 nitrogen and oxygen atoms in total. The summed E-state index contributed by atoms with van der Waals surface area (Å²) in [5.74, 6) is 0.286. The van der Waals surface area contributed by atoms with Gasteiger partial charge in [-0.2, -0.15) is 0 Å². The van der Waals surface area contributed by atoms with E-state index in [1.54, 1.807) is 31.2 Å². The molecule has 2 rings (SSSR count). The minimum Gasteiger partial charge on any atom is -0.484 e. The summed E-state index contributed by atoms with van der Waals surface area (Å²) in [7, 11) is -3.33. The number of nitrogens with one attached hydrogen (secondary N) is 1. The van der Waals surface area contributed by atoms with Crippen LogP contribution in [0.5, 0.6) is 5.75 Å². The van der Waals surface area contributed by atoms with Crippen molar-refractivity contribution in [3.05, 3.63) is 58.7 Å². The summed E-state index contributed by atoms with van der Waals surface area (Å²) < 4.78 is 30.4. The van der Waals surface area contributed by atoms with Crippen LogP contribution in [0.25, 0.3) is 0 Å². The zero-order valence-corrected chi connectivity index (χ0v) is 18.8. The molecule has 0 saturated heterocycles. The van der Waals surface area contributed by atoms with Crippen LogP contribution < -0.4 is 14.4 Å². The molecule has 0 unspecified atom stereocenters. The lowest BCUT2D eigenvalue weighted by Gasteiger charge is -2.20. The Morgan fingerprint density at radius 2 is 1.66 bits per heavy atom. The molecule has 0 heterocycles. The number of nitrogens with zero attached hydrogens (tertiary/aromatic N) is 1. The molecular weight excluding hydrogens is 388 g/mol. The van der Waals surface area contributed by atoms with Gasteiger partial charge in [-0.25, -0.2) is 8.42 Å². The number of amides is 1. The molecule has 0 aliphatic carbocycles. The highest BCUT2D eigenvalue weighted by Gasteiger charge is 2.16. The number of rotatable bonds is 8. The second-order valence-electron chi connectivity index (χ2n) is 7.29. The van der Waals surface area contributed by atoms with Gasteiger partial charge in [0, 0.05) is 6.54 Å². The van der Waals surface area contributed by atoms with E-state index in [1.165, 1.54) is 21.7 Å². The first kappa shape index (κ1) is 22.7. The van der Waals surface area contributed by atoms with E-state index in [4.69, 9.17) is 4.74 Å². The minimum absolute atomic E-state index is 0.114. The molecule has 0 aromatic heterocycles. The molecule has 0 aliphatic heterocycles. The number of hydrogen-bond donors (Lipinski definition) is 1. The molecule has 2 aromatic rings. The average molecular weight is 419 g/mol. The molecule has 29 heavy (non-hydrogen) atoms. The summed E-state index contributed by atoms with van der Waals surface area (Å²) >= 11 is 0. The van der Waals surface area contributed by atoms with Crippen molar-refractivity contribution in [1.82, 2.24) is 5.32 Å². The summed E-state index contributed by atoms with van der Waals surface area (Å²) in [6, 6.07) is 10.8. The Morgan fingerprint density at radius 3 is 2.21 bits per heavy atom. The highest BCUT2D eigenvalue weighted by molar-refractivity contribution is 7.92.